The summed E-state index contributed by atoms with van der Waals surface area (Å²) >= 11 is 0. The Kier molecular flexibility index (Phi) is 26.6. The van der Waals surface area contributed by atoms with E-state index < -0.39 is 17.0 Å². The monoisotopic (exact) mass is 803 g/mol. The Balaban J connectivity index is 1.59. The lowest BCUT2D eigenvalue weighted by Gasteiger charge is -2.35. The molecule has 0 spiro atoms. The molecule has 1 aromatic rings. The highest BCUT2D eigenvalue weighted by atomic mass is 16.5. The number of unbranched alkanes of at least 4 members (excludes halogenated alkanes) is 14. The number of aliphatic hydroxyl groups is 1. The number of rotatable bonds is 36. The average molecular weight is 803 g/mol. The molecule has 2 N–H and O–H groups in total. The van der Waals surface area contributed by atoms with Crippen molar-refractivity contribution in [3.63, 3.8) is 0 Å². The Morgan fingerprint density at radius 1 is 0.772 bits per heavy atom. The molecule has 1 aliphatic heterocycles. The Hall–Kier alpha value is -2.32. The number of nitrogens with one attached hydrogen (secondary N) is 1. The number of aliphatic hydroxyl groups excluding tert-OH is 1. The van der Waals surface area contributed by atoms with Gasteiger partial charge in [-0.1, -0.05) is 103 Å². The van der Waals surface area contributed by atoms with Gasteiger partial charge in [0, 0.05) is 30.7 Å². The van der Waals surface area contributed by atoms with E-state index in [-0.39, 0.29) is 30.5 Å². The average Bonchev–Trinajstić information content (AvgIpc) is 3.36. The lowest BCUT2D eigenvalue weighted by Crippen LogP contribution is -2.50. The summed E-state index contributed by atoms with van der Waals surface area (Å²) in [7, 11) is 0. The van der Waals surface area contributed by atoms with E-state index in [2.05, 4.69) is 22.3 Å². The minimum Gasteiger partial charge on any atom is -0.395 e. The zero-order valence-electron chi connectivity index (χ0n) is 36.6. The van der Waals surface area contributed by atoms with E-state index in [4.69, 9.17) is 9.47 Å². The standard InChI is InChI=1S/C45H80N5O7/c1-6-7-8-9-10-11-12-13-14-15-16-17-18-22-28-48(38-42(52)39-24-19-20-25-41(39)47-54)29-23-21-26-46-27-33-56-35-36-57-34-31-49(30-32-51)43(53)40-37-44(2,3)50(55)45(40,4)5/h19-20,24-25,40,46,51H,6-18,21-23,26-38H2,1-5H3. The third-order valence-electron chi connectivity index (χ3n) is 11.5. The second kappa shape index (κ2) is 29.8. The SMILES string of the molecule is CCCCCCCCCCCCCCCCN(CCCCNCCOCCOCCN(CCO)C(=O)C1CC(C)(C)N([O])C1(C)C)CC(=O)c1ccccc1N=O. The zero-order valence-corrected chi connectivity index (χ0v) is 36.6. The van der Waals surface area contributed by atoms with Crippen molar-refractivity contribution in [2.45, 2.75) is 155 Å². The van der Waals surface area contributed by atoms with Gasteiger partial charge in [0.1, 0.15) is 5.69 Å². The number of nitrogens with zero attached hydrogens (tertiary/aromatic N) is 4. The number of nitroso groups, excluding NO2 is 1. The smallest absolute Gasteiger partial charge is 0.227 e. The van der Waals surface area contributed by atoms with Crippen molar-refractivity contribution in [2.24, 2.45) is 11.1 Å². The van der Waals surface area contributed by atoms with Crippen LogP contribution in [-0.4, -0.2) is 122 Å². The van der Waals surface area contributed by atoms with Crippen molar-refractivity contribution in [3.05, 3.63) is 34.7 Å². The van der Waals surface area contributed by atoms with Gasteiger partial charge in [-0.05, 0) is 90.3 Å². The lowest BCUT2D eigenvalue weighted by molar-refractivity contribution is -0.248. The number of carbonyl (C=O) groups excluding carboxylic acids is 2. The van der Waals surface area contributed by atoms with Crippen LogP contribution in [0.4, 0.5) is 5.69 Å². The summed E-state index contributed by atoms with van der Waals surface area (Å²) in [6, 6.07) is 6.81. The number of benzene rings is 1. The summed E-state index contributed by atoms with van der Waals surface area (Å²) in [5, 5.41) is 29.9. The molecule has 57 heavy (non-hydrogen) atoms. The van der Waals surface area contributed by atoms with Crippen LogP contribution in [0.2, 0.25) is 0 Å². The molecule has 12 nitrogen and oxygen atoms in total. The van der Waals surface area contributed by atoms with Crippen molar-refractivity contribution in [1.82, 2.24) is 20.2 Å². The molecule has 1 heterocycles. The van der Waals surface area contributed by atoms with Gasteiger partial charge in [0.15, 0.2) is 5.78 Å². The summed E-state index contributed by atoms with van der Waals surface area (Å²) in [4.78, 5) is 41.7. The number of hydrogen-bond acceptors (Lipinski definition) is 10. The van der Waals surface area contributed by atoms with Crippen LogP contribution in [0.1, 0.15) is 154 Å². The number of carbonyl (C=O) groups is 2. The number of hydrogen-bond donors (Lipinski definition) is 2. The van der Waals surface area contributed by atoms with Gasteiger partial charge in [-0.25, -0.2) is 0 Å². The molecule has 1 aromatic carbocycles. The Bertz CT molecular complexity index is 1230. The fraction of sp³-hybridized carbons (Fsp3) is 0.822. The highest BCUT2D eigenvalue weighted by Gasteiger charge is 2.55. The minimum absolute atomic E-state index is 0.0556. The first-order chi connectivity index (χ1) is 27.5. The van der Waals surface area contributed by atoms with Gasteiger partial charge in [-0.3, -0.25) is 14.5 Å². The number of ether oxygens (including phenoxy) is 2. The third-order valence-corrected chi connectivity index (χ3v) is 11.5. The first-order valence-electron chi connectivity index (χ1n) is 22.4. The molecule has 12 heteroatoms. The first-order valence-corrected chi connectivity index (χ1v) is 22.4. The topological polar surface area (TPSA) is 144 Å². The quantitative estimate of drug-likeness (QED) is 0.0388. The van der Waals surface area contributed by atoms with Crippen molar-refractivity contribution >= 4 is 17.4 Å². The van der Waals surface area contributed by atoms with Crippen LogP contribution >= 0.6 is 0 Å². The molecular formula is C45H80N5O7. The molecule has 0 aromatic heterocycles. The molecule has 0 saturated carbocycles. The van der Waals surface area contributed by atoms with E-state index in [1.807, 2.05) is 27.7 Å². The second-order valence-electron chi connectivity index (χ2n) is 17.2. The van der Waals surface area contributed by atoms with E-state index in [0.717, 1.165) is 50.5 Å². The van der Waals surface area contributed by atoms with Crippen LogP contribution in [0.3, 0.4) is 0 Å². The molecule has 1 radical (unpaired) electrons. The molecule has 1 amide bonds. The van der Waals surface area contributed by atoms with E-state index in [1.165, 1.54) is 83.5 Å². The van der Waals surface area contributed by atoms with E-state index in [0.29, 0.717) is 51.5 Å². The predicted molar refractivity (Wildman–Crippen MR) is 229 cm³/mol. The van der Waals surface area contributed by atoms with Gasteiger partial charge in [0.2, 0.25) is 5.91 Å². The summed E-state index contributed by atoms with van der Waals surface area (Å²) in [5.74, 6) is -0.611. The molecule has 1 saturated heterocycles. The fourth-order valence-corrected chi connectivity index (χ4v) is 8.05. The molecule has 1 unspecified atom stereocenters. The fourth-order valence-electron chi connectivity index (χ4n) is 8.05. The number of hydroxylamine groups is 2. The molecule has 1 fully saturated rings. The van der Waals surface area contributed by atoms with Gasteiger partial charge in [-0.15, -0.1) is 15.2 Å². The number of amides is 1. The minimum atomic E-state index is -0.813. The summed E-state index contributed by atoms with van der Waals surface area (Å²) in [6.45, 7) is 15.3. The molecule has 327 valence electrons. The number of ketones is 1. The van der Waals surface area contributed by atoms with E-state index >= 15 is 0 Å². The molecular weight excluding hydrogens is 723 g/mol. The summed E-state index contributed by atoms with van der Waals surface area (Å²) in [6.07, 6.45) is 20.8. The van der Waals surface area contributed by atoms with Crippen LogP contribution in [0.5, 0.6) is 0 Å². The molecule has 2 rings (SSSR count). The van der Waals surface area contributed by atoms with Gasteiger partial charge in [-0.2, -0.15) is 0 Å². The Morgan fingerprint density at radius 3 is 1.89 bits per heavy atom. The predicted octanol–water partition coefficient (Wildman–Crippen LogP) is 8.50. The van der Waals surface area contributed by atoms with E-state index in [9.17, 15) is 24.8 Å². The summed E-state index contributed by atoms with van der Waals surface area (Å²) < 4.78 is 11.4. The highest BCUT2D eigenvalue weighted by Crippen LogP contribution is 2.44. The van der Waals surface area contributed by atoms with Gasteiger partial charge >= 0.3 is 0 Å². The number of Topliss-reactive ketones (excluding diaryl/α,β-unsaturated/α-hetero) is 1. The zero-order chi connectivity index (χ0) is 41.8. The maximum absolute atomic E-state index is 13.3. The first kappa shape index (κ1) is 50.8. The van der Waals surface area contributed by atoms with Crippen LogP contribution in [0, 0.1) is 10.8 Å². The lowest BCUT2D eigenvalue weighted by atomic mass is 9.86. The van der Waals surface area contributed by atoms with Crippen molar-refractivity contribution in [3.8, 4) is 0 Å². The van der Waals surface area contributed by atoms with Crippen LogP contribution in [0.15, 0.2) is 29.4 Å². The van der Waals surface area contributed by atoms with Crippen LogP contribution < -0.4 is 5.32 Å². The Labute approximate surface area is 345 Å². The molecule has 1 atom stereocenters. The maximum Gasteiger partial charge on any atom is 0.227 e. The summed E-state index contributed by atoms with van der Waals surface area (Å²) in [5.41, 5.74) is -0.821. The maximum atomic E-state index is 13.3. The van der Waals surface area contributed by atoms with Gasteiger partial charge in [0.25, 0.3) is 0 Å². The Morgan fingerprint density at radius 2 is 1.33 bits per heavy atom. The van der Waals surface area contributed by atoms with Crippen molar-refractivity contribution in [2.75, 3.05) is 78.8 Å². The van der Waals surface area contributed by atoms with Crippen LogP contribution in [-0.2, 0) is 19.5 Å². The van der Waals surface area contributed by atoms with Crippen molar-refractivity contribution in [1.29, 1.82) is 0 Å². The van der Waals surface area contributed by atoms with Gasteiger partial charge in [0.05, 0.1) is 51.0 Å². The third kappa shape index (κ3) is 20.0. The second-order valence-corrected chi connectivity index (χ2v) is 17.2. The van der Waals surface area contributed by atoms with E-state index in [1.54, 1.807) is 29.2 Å². The normalized spacial score (nSPS) is 16.4. The van der Waals surface area contributed by atoms with Gasteiger partial charge < -0.3 is 24.8 Å². The largest absolute Gasteiger partial charge is 0.395 e. The molecule has 0 aliphatic carbocycles. The molecule has 1 aliphatic rings. The van der Waals surface area contributed by atoms with Crippen molar-refractivity contribution < 1.29 is 29.4 Å². The molecule has 0 bridgehead atoms. The highest BCUT2D eigenvalue weighted by molar-refractivity contribution is 6.01. The van der Waals surface area contributed by atoms with Crippen LogP contribution in [0.25, 0.3) is 0 Å².